The molecule has 3 rings (SSSR count). The van der Waals surface area contributed by atoms with Gasteiger partial charge in [-0.3, -0.25) is 4.90 Å². The highest BCUT2D eigenvalue weighted by Gasteiger charge is 2.33. The second-order valence-electron chi connectivity index (χ2n) is 7.27. The second kappa shape index (κ2) is 7.63. The Morgan fingerprint density at radius 3 is 2.58 bits per heavy atom. The first-order valence-electron chi connectivity index (χ1n) is 8.97. The normalized spacial score (nSPS) is 26.8. The molecule has 24 heavy (non-hydrogen) atoms. The minimum absolute atomic E-state index is 0.269. The molecule has 2 aliphatic heterocycles. The summed E-state index contributed by atoms with van der Waals surface area (Å²) < 4.78 is 0. The third-order valence-corrected chi connectivity index (χ3v) is 4.97. The molecule has 0 aromatic carbocycles. The molecule has 2 atom stereocenters. The van der Waals surface area contributed by atoms with E-state index < -0.39 is 0 Å². The molecule has 7 heteroatoms. The van der Waals surface area contributed by atoms with E-state index >= 15 is 0 Å². The van der Waals surface area contributed by atoms with Crippen molar-refractivity contribution in [2.24, 2.45) is 0 Å². The monoisotopic (exact) mass is 334 g/mol. The molecule has 3 heterocycles. The number of nitrogens with one attached hydrogen (secondary N) is 1. The number of aliphatic hydroxyl groups excluding tert-OH is 1. The quantitative estimate of drug-likeness (QED) is 0.830. The Kier molecular flexibility index (Phi) is 5.53. The number of rotatable bonds is 4. The van der Waals surface area contributed by atoms with Crippen LogP contribution in [-0.2, 0) is 0 Å². The van der Waals surface area contributed by atoms with Gasteiger partial charge in [0.25, 0.3) is 0 Å². The summed E-state index contributed by atoms with van der Waals surface area (Å²) >= 11 is 0. The summed E-state index contributed by atoms with van der Waals surface area (Å²) in [5.74, 6) is 1.73. The predicted octanol–water partition coefficient (Wildman–Crippen LogP) is 0.484. The highest BCUT2D eigenvalue weighted by atomic mass is 16.3. The number of nitrogens with zero attached hydrogens (tertiary/aromatic N) is 5. The number of aromatic nitrogens is 2. The van der Waals surface area contributed by atoms with Gasteiger partial charge in [-0.05, 0) is 27.3 Å². The van der Waals surface area contributed by atoms with E-state index in [0.717, 1.165) is 50.8 Å². The highest BCUT2D eigenvalue weighted by molar-refractivity contribution is 5.49. The van der Waals surface area contributed by atoms with Crippen LogP contribution in [0.25, 0.3) is 0 Å². The van der Waals surface area contributed by atoms with Crippen LogP contribution in [0.1, 0.15) is 20.3 Å². The molecule has 0 aliphatic carbocycles. The molecule has 2 saturated heterocycles. The van der Waals surface area contributed by atoms with Gasteiger partial charge in [-0.15, -0.1) is 0 Å². The molecule has 1 aromatic rings. The summed E-state index contributed by atoms with van der Waals surface area (Å²) in [6, 6.07) is 2.58. The fraction of sp³-hybridized carbons (Fsp3) is 0.765. The van der Waals surface area contributed by atoms with Crippen molar-refractivity contribution in [1.82, 2.24) is 19.8 Å². The summed E-state index contributed by atoms with van der Waals surface area (Å²) in [4.78, 5) is 15.6. The lowest BCUT2D eigenvalue weighted by atomic mass is 9.99. The average molecular weight is 334 g/mol. The van der Waals surface area contributed by atoms with Crippen molar-refractivity contribution in [1.29, 1.82) is 0 Å². The molecule has 2 aliphatic rings. The van der Waals surface area contributed by atoms with Crippen molar-refractivity contribution in [3.8, 4) is 0 Å². The second-order valence-corrected chi connectivity index (χ2v) is 7.27. The summed E-state index contributed by atoms with van der Waals surface area (Å²) in [5, 5.41) is 14.0. The molecule has 2 fully saturated rings. The Labute approximate surface area is 144 Å². The lowest BCUT2D eigenvalue weighted by Gasteiger charge is -2.44. The number of hydrogen-bond acceptors (Lipinski definition) is 7. The Hall–Kier alpha value is -1.44. The van der Waals surface area contributed by atoms with Crippen molar-refractivity contribution >= 4 is 11.6 Å². The summed E-state index contributed by atoms with van der Waals surface area (Å²) in [5.41, 5.74) is 0. The molecular formula is C17H30N6O. The molecule has 2 unspecified atom stereocenters. The topological polar surface area (TPSA) is 67.8 Å². The molecule has 7 nitrogen and oxygen atoms in total. The SMILES string of the molecule is CC(C)Nc1cc(N2CCC(N3CCN(C)CC3)C(O)C2)ncn1. The maximum atomic E-state index is 10.7. The lowest BCUT2D eigenvalue weighted by molar-refractivity contribution is 0.0138. The van der Waals surface area contributed by atoms with Crippen molar-refractivity contribution in [2.45, 2.75) is 38.5 Å². The average Bonchev–Trinajstić information content (AvgIpc) is 2.55. The first-order chi connectivity index (χ1) is 11.5. The molecule has 134 valence electrons. The van der Waals surface area contributed by atoms with Crippen LogP contribution in [0.15, 0.2) is 12.4 Å². The van der Waals surface area contributed by atoms with Gasteiger partial charge < -0.3 is 20.2 Å². The smallest absolute Gasteiger partial charge is 0.134 e. The van der Waals surface area contributed by atoms with E-state index in [-0.39, 0.29) is 12.1 Å². The van der Waals surface area contributed by atoms with E-state index in [0.29, 0.717) is 12.6 Å². The van der Waals surface area contributed by atoms with Crippen LogP contribution < -0.4 is 10.2 Å². The van der Waals surface area contributed by atoms with Gasteiger partial charge >= 0.3 is 0 Å². The third kappa shape index (κ3) is 4.15. The standard InChI is InChI=1S/C17H30N6O/c1-13(2)20-16-10-17(19-12-18-16)23-5-4-14(15(24)11-23)22-8-6-21(3)7-9-22/h10,12-15,24H,4-9,11H2,1-3H3,(H,18,19,20). The van der Waals surface area contributed by atoms with Gasteiger partial charge in [-0.2, -0.15) is 0 Å². The summed E-state index contributed by atoms with van der Waals surface area (Å²) in [7, 11) is 2.16. The number of anilines is 2. The molecule has 2 N–H and O–H groups in total. The van der Waals surface area contributed by atoms with Crippen LogP contribution in [0.4, 0.5) is 11.6 Å². The first kappa shape index (κ1) is 17.4. The van der Waals surface area contributed by atoms with E-state index in [2.05, 4.69) is 50.9 Å². The fourth-order valence-electron chi connectivity index (χ4n) is 3.60. The maximum Gasteiger partial charge on any atom is 0.134 e. The van der Waals surface area contributed by atoms with Gasteiger partial charge in [-0.1, -0.05) is 0 Å². The van der Waals surface area contributed by atoms with E-state index in [4.69, 9.17) is 0 Å². The summed E-state index contributed by atoms with van der Waals surface area (Å²) in [6.07, 6.45) is 2.24. The number of hydrogen-bond donors (Lipinski definition) is 2. The maximum absolute atomic E-state index is 10.7. The number of piperazine rings is 1. The third-order valence-electron chi connectivity index (χ3n) is 4.97. The lowest BCUT2D eigenvalue weighted by Crippen LogP contribution is -2.58. The van der Waals surface area contributed by atoms with E-state index in [1.165, 1.54) is 0 Å². The molecule has 0 spiro atoms. The van der Waals surface area contributed by atoms with Crippen LogP contribution >= 0.6 is 0 Å². The number of aliphatic hydroxyl groups is 1. The van der Waals surface area contributed by atoms with Gasteiger partial charge in [-0.25, -0.2) is 9.97 Å². The van der Waals surface area contributed by atoms with Crippen LogP contribution in [0, 0.1) is 0 Å². The van der Waals surface area contributed by atoms with Gasteiger partial charge in [0.2, 0.25) is 0 Å². The number of likely N-dealkylation sites (N-methyl/N-ethyl adjacent to an activating group) is 1. The van der Waals surface area contributed by atoms with E-state index in [1.54, 1.807) is 6.33 Å². The Bertz CT molecular complexity index is 532. The van der Waals surface area contributed by atoms with E-state index in [1.807, 2.05) is 6.07 Å². The number of β-amino-alcohol motifs (C(OH)–C–C–N with tert-alkyl or cyclic N) is 1. The highest BCUT2D eigenvalue weighted by Crippen LogP contribution is 2.23. The van der Waals surface area contributed by atoms with Crippen LogP contribution in [-0.4, -0.2) is 89.4 Å². The van der Waals surface area contributed by atoms with Crippen molar-refractivity contribution in [2.75, 3.05) is 56.5 Å². The summed E-state index contributed by atoms with van der Waals surface area (Å²) in [6.45, 7) is 10.0. The molecule has 0 bridgehead atoms. The molecule has 0 amide bonds. The minimum Gasteiger partial charge on any atom is -0.390 e. The fourth-order valence-corrected chi connectivity index (χ4v) is 3.60. The van der Waals surface area contributed by atoms with E-state index in [9.17, 15) is 5.11 Å². The van der Waals surface area contributed by atoms with Crippen molar-refractivity contribution in [3.63, 3.8) is 0 Å². The predicted molar refractivity (Wildman–Crippen MR) is 96.5 cm³/mol. The van der Waals surface area contributed by atoms with Crippen LogP contribution in [0.3, 0.4) is 0 Å². The van der Waals surface area contributed by atoms with Gasteiger partial charge in [0.15, 0.2) is 0 Å². The zero-order valence-corrected chi connectivity index (χ0v) is 15.0. The zero-order chi connectivity index (χ0) is 17.1. The Balaban J connectivity index is 1.61. The minimum atomic E-state index is -0.335. The van der Waals surface area contributed by atoms with Crippen LogP contribution in [0.5, 0.6) is 0 Å². The molecule has 0 radical (unpaired) electrons. The largest absolute Gasteiger partial charge is 0.390 e. The zero-order valence-electron chi connectivity index (χ0n) is 15.0. The Morgan fingerprint density at radius 1 is 1.17 bits per heavy atom. The van der Waals surface area contributed by atoms with Gasteiger partial charge in [0.1, 0.15) is 18.0 Å². The van der Waals surface area contributed by atoms with Gasteiger partial charge in [0, 0.05) is 57.4 Å². The molecular weight excluding hydrogens is 304 g/mol. The van der Waals surface area contributed by atoms with Crippen molar-refractivity contribution < 1.29 is 5.11 Å². The Morgan fingerprint density at radius 2 is 1.92 bits per heavy atom. The number of piperidine rings is 1. The van der Waals surface area contributed by atoms with Crippen LogP contribution in [0.2, 0.25) is 0 Å². The van der Waals surface area contributed by atoms with Gasteiger partial charge in [0.05, 0.1) is 6.10 Å². The first-order valence-corrected chi connectivity index (χ1v) is 8.97. The molecule has 1 aromatic heterocycles. The molecule has 0 saturated carbocycles. The van der Waals surface area contributed by atoms with Crippen molar-refractivity contribution in [3.05, 3.63) is 12.4 Å².